The van der Waals surface area contributed by atoms with E-state index in [2.05, 4.69) is 50.4 Å². The van der Waals surface area contributed by atoms with Crippen molar-refractivity contribution in [2.24, 2.45) is 5.92 Å². The van der Waals surface area contributed by atoms with E-state index in [1.54, 1.807) is 5.56 Å². The van der Waals surface area contributed by atoms with E-state index >= 15 is 0 Å². The third kappa shape index (κ3) is 3.10. The van der Waals surface area contributed by atoms with Gasteiger partial charge in [-0.15, -0.1) is 0 Å². The molecule has 0 spiro atoms. The molecule has 1 aliphatic rings. The molecule has 0 heterocycles. The molecule has 0 aromatic heterocycles. The van der Waals surface area contributed by atoms with Crippen LogP contribution in [0.15, 0.2) is 24.3 Å². The van der Waals surface area contributed by atoms with Crippen molar-refractivity contribution in [2.75, 3.05) is 6.54 Å². The van der Waals surface area contributed by atoms with Crippen molar-refractivity contribution in [3.63, 3.8) is 0 Å². The van der Waals surface area contributed by atoms with E-state index in [4.69, 9.17) is 0 Å². The smallest absolute Gasteiger partial charge is 0.00104 e. The SMILES string of the molecule is CCc1ccc(C2CCC2CNC(C)C)cc1. The van der Waals surface area contributed by atoms with Crippen molar-refractivity contribution in [1.29, 1.82) is 0 Å². The van der Waals surface area contributed by atoms with Crippen LogP contribution in [-0.2, 0) is 6.42 Å². The quantitative estimate of drug-likeness (QED) is 0.814. The van der Waals surface area contributed by atoms with Gasteiger partial charge < -0.3 is 5.32 Å². The highest BCUT2D eigenvalue weighted by molar-refractivity contribution is 5.27. The molecule has 0 aliphatic heterocycles. The molecule has 0 radical (unpaired) electrons. The van der Waals surface area contributed by atoms with Gasteiger partial charge in [0.05, 0.1) is 0 Å². The maximum Gasteiger partial charge on any atom is 0.00104 e. The predicted octanol–water partition coefficient (Wildman–Crippen LogP) is 3.74. The van der Waals surface area contributed by atoms with Gasteiger partial charge in [0.25, 0.3) is 0 Å². The normalized spacial score (nSPS) is 23.8. The first-order chi connectivity index (χ1) is 8.20. The summed E-state index contributed by atoms with van der Waals surface area (Å²) >= 11 is 0. The molecule has 94 valence electrons. The van der Waals surface area contributed by atoms with Crippen molar-refractivity contribution in [1.82, 2.24) is 5.32 Å². The molecule has 0 amide bonds. The summed E-state index contributed by atoms with van der Waals surface area (Å²) in [5.41, 5.74) is 2.99. The van der Waals surface area contributed by atoms with Crippen LogP contribution in [0.4, 0.5) is 0 Å². The maximum absolute atomic E-state index is 3.57. The molecular weight excluding hydrogens is 206 g/mol. The van der Waals surface area contributed by atoms with Crippen molar-refractivity contribution in [2.45, 2.75) is 52.0 Å². The Bertz CT molecular complexity index is 339. The Hall–Kier alpha value is -0.820. The Morgan fingerprint density at radius 1 is 1.18 bits per heavy atom. The minimum Gasteiger partial charge on any atom is -0.314 e. The van der Waals surface area contributed by atoms with Gasteiger partial charge in [-0.2, -0.15) is 0 Å². The second kappa shape index (κ2) is 5.68. The Balaban J connectivity index is 1.92. The van der Waals surface area contributed by atoms with Gasteiger partial charge in [-0.1, -0.05) is 45.0 Å². The second-order valence-electron chi connectivity index (χ2n) is 5.60. The average molecular weight is 231 g/mol. The van der Waals surface area contributed by atoms with Gasteiger partial charge in [0, 0.05) is 6.04 Å². The highest BCUT2D eigenvalue weighted by Crippen LogP contribution is 2.42. The van der Waals surface area contributed by atoms with Gasteiger partial charge in [0.15, 0.2) is 0 Å². The number of hydrogen-bond acceptors (Lipinski definition) is 1. The van der Waals surface area contributed by atoms with Crippen LogP contribution >= 0.6 is 0 Å². The first-order valence-corrected chi connectivity index (χ1v) is 7.03. The van der Waals surface area contributed by atoms with Crippen LogP contribution in [0.2, 0.25) is 0 Å². The molecule has 0 saturated heterocycles. The van der Waals surface area contributed by atoms with Gasteiger partial charge in [-0.25, -0.2) is 0 Å². The van der Waals surface area contributed by atoms with E-state index in [0.29, 0.717) is 6.04 Å². The van der Waals surface area contributed by atoms with Gasteiger partial charge in [-0.3, -0.25) is 0 Å². The lowest BCUT2D eigenvalue weighted by molar-refractivity contribution is 0.241. The fourth-order valence-corrected chi connectivity index (χ4v) is 2.64. The van der Waals surface area contributed by atoms with Crippen LogP contribution in [-0.4, -0.2) is 12.6 Å². The molecule has 0 bridgehead atoms. The van der Waals surface area contributed by atoms with Crippen LogP contribution in [0.3, 0.4) is 0 Å². The van der Waals surface area contributed by atoms with E-state index < -0.39 is 0 Å². The molecule has 2 rings (SSSR count). The molecule has 1 aromatic carbocycles. The molecule has 1 saturated carbocycles. The third-order valence-electron chi connectivity index (χ3n) is 4.02. The van der Waals surface area contributed by atoms with Crippen molar-refractivity contribution in [3.05, 3.63) is 35.4 Å². The van der Waals surface area contributed by atoms with Crippen molar-refractivity contribution in [3.8, 4) is 0 Å². The fraction of sp³-hybridized carbons (Fsp3) is 0.625. The Labute approximate surface area is 106 Å². The van der Waals surface area contributed by atoms with Crippen LogP contribution in [0.25, 0.3) is 0 Å². The highest BCUT2D eigenvalue weighted by Gasteiger charge is 2.31. The lowest BCUT2D eigenvalue weighted by Crippen LogP contribution is -2.36. The van der Waals surface area contributed by atoms with E-state index in [1.807, 2.05) is 0 Å². The van der Waals surface area contributed by atoms with Crippen LogP contribution < -0.4 is 5.32 Å². The van der Waals surface area contributed by atoms with Gasteiger partial charge >= 0.3 is 0 Å². The summed E-state index contributed by atoms with van der Waals surface area (Å²) in [4.78, 5) is 0. The number of hydrogen-bond donors (Lipinski definition) is 1. The minimum absolute atomic E-state index is 0.610. The standard InChI is InChI=1S/C16H25N/c1-4-13-5-7-14(8-6-13)16-10-9-15(16)11-17-12(2)3/h5-8,12,15-17H,4,9-11H2,1-3H3. The number of aryl methyl sites for hydroxylation is 1. The fourth-order valence-electron chi connectivity index (χ4n) is 2.64. The Morgan fingerprint density at radius 3 is 2.35 bits per heavy atom. The Kier molecular flexibility index (Phi) is 4.22. The lowest BCUT2D eigenvalue weighted by atomic mass is 9.70. The summed E-state index contributed by atoms with van der Waals surface area (Å²) in [5, 5.41) is 3.57. The topological polar surface area (TPSA) is 12.0 Å². The molecule has 1 aromatic rings. The lowest BCUT2D eigenvalue weighted by Gasteiger charge is -2.38. The second-order valence-corrected chi connectivity index (χ2v) is 5.60. The maximum atomic E-state index is 3.57. The van der Waals surface area contributed by atoms with Crippen molar-refractivity contribution < 1.29 is 0 Å². The van der Waals surface area contributed by atoms with Gasteiger partial charge in [0.2, 0.25) is 0 Å². The van der Waals surface area contributed by atoms with Gasteiger partial charge in [-0.05, 0) is 48.8 Å². The molecule has 2 unspecified atom stereocenters. The summed E-state index contributed by atoms with van der Waals surface area (Å²) in [6.07, 6.45) is 3.90. The monoisotopic (exact) mass is 231 g/mol. The highest BCUT2D eigenvalue weighted by atomic mass is 14.9. The molecule has 17 heavy (non-hydrogen) atoms. The van der Waals surface area contributed by atoms with Crippen LogP contribution in [0, 0.1) is 5.92 Å². The third-order valence-corrected chi connectivity index (χ3v) is 4.02. The Morgan fingerprint density at radius 2 is 1.88 bits per heavy atom. The zero-order valence-electron chi connectivity index (χ0n) is 11.4. The summed E-state index contributed by atoms with van der Waals surface area (Å²) in [5.74, 6) is 1.65. The summed E-state index contributed by atoms with van der Waals surface area (Å²) < 4.78 is 0. The number of nitrogens with one attached hydrogen (secondary N) is 1. The van der Waals surface area contributed by atoms with Crippen LogP contribution in [0.5, 0.6) is 0 Å². The molecule has 1 heteroatoms. The van der Waals surface area contributed by atoms with Gasteiger partial charge in [0.1, 0.15) is 0 Å². The van der Waals surface area contributed by atoms with E-state index in [9.17, 15) is 0 Å². The van der Waals surface area contributed by atoms with Crippen molar-refractivity contribution >= 4 is 0 Å². The largest absolute Gasteiger partial charge is 0.314 e. The zero-order chi connectivity index (χ0) is 12.3. The van der Waals surface area contributed by atoms with E-state index in [1.165, 1.54) is 24.9 Å². The molecule has 1 N–H and O–H groups in total. The first-order valence-electron chi connectivity index (χ1n) is 7.03. The molecule has 1 nitrogen and oxygen atoms in total. The molecular formula is C16H25N. The van der Waals surface area contributed by atoms with E-state index in [-0.39, 0.29) is 0 Å². The molecule has 1 fully saturated rings. The predicted molar refractivity (Wildman–Crippen MR) is 74.4 cm³/mol. The average Bonchev–Trinajstić information content (AvgIpc) is 2.28. The first kappa shape index (κ1) is 12.6. The number of benzene rings is 1. The van der Waals surface area contributed by atoms with E-state index in [0.717, 1.165) is 18.3 Å². The zero-order valence-corrected chi connectivity index (χ0v) is 11.4. The molecule has 2 atom stereocenters. The van der Waals surface area contributed by atoms with Crippen LogP contribution in [0.1, 0.15) is 50.7 Å². The summed E-state index contributed by atoms with van der Waals surface area (Å²) in [6, 6.07) is 9.87. The summed E-state index contributed by atoms with van der Waals surface area (Å²) in [6.45, 7) is 7.85. The summed E-state index contributed by atoms with van der Waals surface area (Å²) in [7, 11) is 0. The molecule has 1 aliphatic carbocycles. The number of rotatable bonds is 5. The minimum atomic E-state index is 0.610.